The number of nitro benzene ring substituents is 1. The maximum atomic E-state index is 11.7. The number of amides is 1. The summed E-state index contributed by atoms with van der Waals surface area (Å²) >= 11 is 0. The van der Waals surface area contributed by atoms with E-state index in [4.69, 9.17) is 18.9 Å². The van der Waals surface area contributed by atoms with Crippen molar-refractivity contribution in [1.82, 2.24) is 19.5 Å². The van der Waals surface area contributed by atoms with E-state index in [9.17, 15) is 24.5 Å². The molecular formula is C24H26N6O9. The number of hydrogen-bond donors (Lipinski definition) is 1. The Hall–Kier alpha value is -4.66. The zero-order chi connectivity index (χ0) is 28.1. The van der Waals surface area contributed by atoms with Crippen molar-refractivity contribution < 1.29 is 38.3 Å². The Balaban J connectivity index is 1.57. The summed E-state index contributed by atoms with van der Waals surface area (Å²) in [5, 5.41) is 13.4. The maximum Gasteiger partial charge on any atom is 0.303 e. The lowest BCUT2D eigenvalue weighted by atomic mass is 10.1. The molecule has 0 radical (unpaired) electrons. The van der Waals surface area contributed by atoms with Crippen molar-refractivity contribution in [2.45, 2.75) is 52.0 Å². The van der Waals surface area contributed by atoms with E-state index in [1.54, 1.807) is 16.7 Å². The van der Waals surface area contributed by atoms with Gasteiger partial charge in [0.2, 0.25) is 17.7 Å². The molecule has 0 saturated carbocycles. The van der Waals surface area contributed by atoms with Gasteiger partial charge in [0.1, 0.15) is 25.0 Å². The van der Waals surface area contributed by atoms with E-state index < -0.39 is 41.2 Å². The lowest BCUT2D eigenvalue weighted by Gasteiger charge is -2.17. The quantitative estimate of drug-likeness (QED) is 0.224. The summed E-state index contributed by atoms with van der Waals surface area (Å²) in [7, 11) is 0. The number of nitrogens with zero attached hydrogens (tertiary/aromatic N) is 5. The number of nitro groups is 1. The van der Waals surface area contributed by atoms with Gasteiger partial charge < -0.3 is 18.9 Å². The first-order chi connectivity index (χ1) is 18.6. The summed E-state index contributed by atoms with van der Waals surface area (Å²) in [6, 6.07) is 6.10. The SMILES string of the molecule is CC(=O)Nc1nc(OCCc2ccc([N+](=O)[O-])cc2)c2ncn([C@H]3C[C@@H](OC(C)=O)[C@@H](COC(C)=O)O3)c2n1. The van der Waals surface area contributed by atoms with Gasteiger partial charge in [-0.2, -0.15) is 9.97 Å². The third-order valence-electron chi connectivity index (χ3n) is 5.71. The summed E-state index contributed by atoms with van der Waals surface area (Å²) in [5.41, 5.74) is 1.39. The molecule has 1 saturated heterocycles. The van der Waals surface area contributed by atoms with Crippen molar-refractivity contribution in [1.29, 1.82) is 0 Å². The number of aromatic nitrogens is 4. The van der Waals surface area contributed by atoms with Gasteiger partial charge >= 0.3 is 11.9 Å². The number of imidazole rings is 1. The third-order valence-corrected chi connectivity index (χ3v) is 5.71. The Labute approximate surface area is 221 Å². The molecule has 4 rings (SSSR count). The van der Waals surface area contributed by atoms with Crippen LogP contribution in [0.5, 0.6) is 5.88 Å². The van der Waals surface area contributed by atoms with Gasteiger partial charge in [0.25, 0.3) is 5.69 Å². The fourth-order valence-electron chi connectivity index (χ4n) is 4.02. The van der Waals surface area contributed by atoms with Crippen LogP contribution in [-0.4, -0.2) is 67.7 Å². The highest BCUT2D eigenvalue weighted by Crippen LogP contribution is 2.34. The molecule has 0 bridgehead atoms. The molecule has 1 fully saturated rings. The first-order valence-electron chi connectivity index (χ1n) is 11.9. The van der Waals surface area contributed by atoms with Gasteiger partial charge in [0, 0.05) is 45.7 Å². The predicted octanol–water partition coefficient (Wildman–Crippen LogP) is 2.10. The molecule has 39 heavy (non-hydrogen) atoms. The van der Waals surface area contributed by atoms with Crippen LogP contribution < -0.4 is 10.1 Å². The van der Waals surface area contributed by atoms with E-state index >= 15 is 0 Å². The van der Waals surface area contributed by atoms with Gasteiger partial charge in [-0.25, -0.2) is 4.98 Å². The van der Waals surface area contributed by atoms with Gasteiger partial charge in [-0.15, -0.1) is 0 Å². The van der Waals surface area contributed by atoms with Crippen molar-refractivity contribution in [3.05, 3.63) is 46.3 Å². The number of ether oxygens (including phenoxy) is 4. The number of carbonyl (C=O) groups is 3. The molecule has 1 N–H and O–H groups in total. The van der Waals surface area contributed by atoms with Crippen molar-refractivity contribution in [3.63, 3.8) is 0 Å². The zero-order valence-corrected chi connectivity index (χ0v) is 21.4. The minimum Gasteiger partial charge on any atom is -0.476 e. The number of rotatable bonds is 10. The number of hydrogen-bond acceptors (Lipinski definition) is 12. The van der Waals surface area contributed by atoms with E-state index in [1.807, 2.05) is 0 Å². The van der Waals surface area contributed by atoms with Crippen LogP contribution in [0.3, 0.4) is 0 Å². The van der Waals surface area contributed by atoms with Crippen molar-refractivity contribution in [2.75, 3.05) is 18.5 Å². The maximum absolute atomic E-state index is 11.7. The van der Waals surface area contributed by atoms with Crippen LogP contribution in [0.25, 0.3) is 11.2 Å². The Kier molecular flexibility index (Phi) is 8.29. The summed E-state index contributed by atoms with van der Waals surface area (Å²) < 4.78 is 23.9. The first kappa shape index (κ1) is 27.4. The summed E-state index contributed by atoms with van der Waals surface area (Å²) in [4.78, 5) is 58.1. The minimum absolute atomic E-state index is 0.0113. The molecule has 1 aromatic carbocycles. The molecule has 3 atom stereocenters. The molecule has 3 heterocycles. The van der Waals surface area contributed by atoms with Crippen LogP contribution in [-0.2, 0) is 35.0 Å². The van der Waals surface area contributed by atoms with Crippen LogP contribution in [0.4, 0.5) is 11.6 Å². The normalized spacial score (nSPS) is 18.5. The largest absolute Gasteiger partial charge is 0.476 e. The fourth-order valence-corrected chi connectivity index (χ4v) is 4.02. The lowest BCUT2D eigenvalue weighted by Crippen LogP contribution is -2.31. The number of carbonyl (C=O) groups excluding carboxylic acids is 3. The molecule has 3 aromatic rings. The number of benzene rings is 1. The summed E-state index contributed by atoms with van der Waals surface area (Å²) in [6.45, 7) is 3.90. The highest BCUT2D eigenvalue weighted by atomic mass is 16.6. The van der Waals surface area contributed by atoms with E-state index in [2.05, 4.69) is 20.3 Å². The number of non-ortho nitro benzene ring substituents is 1. The third kappa shape index (κ3) is 6.81. The molecule has 0 unspecified atom stereocenters. The Bertz CT molecular complexity index is 1390. The zero-order valence-electron chi connectivity index (χ0n) is 21.4. The molecule has 2 aromatic heterocycles. The summed E-state index contributed by atoms with van der Waals surface area (Å²) in [5.74, 6) is -1.32. The van der Waals surface area contributed by atoms with E-state index in [-0.39, 0.29) is 37.2 Å². The van der Waals surface area contributed by atoms with Crippen LogP contribution in [0.2, 0.25) is 0 Å². The molecule has 0 spiro atoms. The monoisotopic (exact) mass is 542 g/mol. The molecule has 1 amide bonds. The summed E-state index contributed by atoms with van der Waals surface area (Å²) in [6.07, 6.45) is 0.0322. The van der Waals surface area contributed by atoms with Crippen molar-refractivity contribution in [3.8, 4) is 5.88 Å². The van der Waals surface area contributed by atoms with Gasteiger partial charge in [-0.1, -0.05) is 12.1 Å². The van der Waals surface area contributed by atoms with Gasteiger partial charge in [0.15, 0.2) is 11.2 Å². The molecule has 1 aliphatic heterocycles. The number of esters is 2. The predicted molar refractivity (Wildman–Crippen MR) is 133 cm³/mol. The number of fused-ring (bicyclic) bond motifs is 1. The molecule has 1 aliphatic rings. The Morgan fingerprint density at radius 1 is 1.15 bits per heavy atom. The highest BCUT2D eigenvalue weighted by Gasteiger charge is 2.40. The first-order valence-corrected chi connectivity index (χ1v) is 11.9. The Morgan fingerprint density at radius 3 is 2.54 bits per heavy atom. The van der Waals surface area contributed by atoms with Crippen LogP contribution in [0, 0.1) is 10.1 Å². The second kappa shape index (κ2) is 11.8. The smallest absolute Gasteiger partial charge is 0.303 e. The van der Waals surface area contributed by atoms with E-state index in [0.29, 0.717) is 17.6 Å². The minimum atomic E-state index is -0.714. The molecule has 15 heteroatoms. The standard InChI is InChI=1S/C24H26N6O9/c1-13(31)26-24-27-22-21(23(28-24)36-9-8-16-4-6-17(7-5-16)30(34)35)25-12-29(22)20-10-18(38-15(3)33)19(39-20)11-37-14(2)32/h4-7,12,18-20H,8-11H2,1-3H3,(H,26,27,28,31)/t18-,19-,20-/m1/s1. The number of nitrogens with one attached hydrogen (secondary N) is 1. The van der Waals surface area contributed by atoms with Crippen molar-refractivity contribution in [2.24, 2.45) is 0 Å². The molecule has 206 valence electrons. The highest BCUT2D eigenvalue weighted by molar-refractivity contribution is 5.88. The van der Waals surface area contributed by atoms with E-state index in [0.717, 1.165) is 5.56 Å². The second-order valence-corrected chi connectivity index (χ2v) is 8.69. The molecular weight excluding hydrogens is 516 g/mol. The molecule has 0 aliphatic carbocycles. The van der Waals surface area contributed by atoms with Gasteiger partial charge in [0.05, 0.1) is 17.9 Å². The van der Waals surface area contributed by atoms with Crippen LogP contribution >= 0.6 is 0 Å². The Morgan fingerprint density at radius 2 is 1.90 bits per heavy atom. The number of anilines is 1. The van der Waals surface area contributed by atoms with E-state index in [1.165, 1.54) is 39.2 Å². The van der Waals surface area contributed by atoms with Crippen molar-refractivity contribution >= 4 is 40.6 Å². The topological polar surface area (TPSA) is 187 Å². The lowest BCUT2D eigenvalue weighted by molar-refractivity contribution is -0.384. The fraction of sp³-hybridized carbons (Fsp3) is 0.417. The van der Waals surface area contributed by atoms with Crippen LogP contribution in [0.1, 0.15) is 39.0 Å². The average Bonchev–Trinajstić information content (AvgIpc) is 3.46. The average molecular weight is 543 g/mol. The van der Waals surface area contributed by atoms with Crippen LogP contribution in [0.15, 0.2) is 30.6 Å². The van der Waals surface area contributed by atoms with Gasteiger partial charge in [-0.3, -0.25) is 34.4 Å². The van der Waals surface area contributed by atoms with Gasteiger partial charge in [-0.05, 0) is 5.56 Å². The molecule has 15 nitrogen and oxygen atoms in total. The second-order valence-electron chi connectivity index (χ2n) is 8.69.